The first kappa shape index (κ1) is 14.9. The standard InChI is InChI=1S/C14H25N3O/c1-5-6-17(8-7-16(3)4)14-12(2)9-13(11-18)10-15-14/h9-10,18H,5-8,11H2,1-4H3. The predicted molar refractivity (Wildman–Crippen MR) is 76.0 cm³/mol. The van der Waals surface area contributed by atoms with Crippen molar-refractivity contribution < 1.29 is 5.11 Å². The molecule has 0 fully saturated rings. The van der Waals surface area contributed by atoms with Crippen LogP contribution in [0.1, 0.15) is 24.5 Å². The topological polar surface area (TPSA) is 39.6 Å². The van der Waals surface area contributed by atoms with Gasteiger partial charge in [0.25, 0.3) is 0 Å². The molecule has 0 atom stereocenters. The summed E-state index contributed by atoms with van der Waals surface area (Å²) in [6.45, 7) is 7.30. The summed E-state index contributed by atoms with van der Waals surface area (Å²) in [5.74, 6) is 1.04. The number of aliphatic hydroxyl groups excluding tert-OH is 1. The quantitative estimate of drug-likeness (QED) is 0.800. The first-order chi connectivity index (χ1) is 8.58. The van der Waals surface area contributed by atoms with Gasteiger partial charge in [0.1, 0.15) is 5.82 Å². The van der Waals surface area contributed by atoms with Crippen molar-refractivity contribution in [1.82, 2.24) is 9.88 Å². The summed E-state index contributed by atoms with van der Waals surface area (Å²) in [5.41, 5.74) is 2.01. The van der Waals surface area contributed by atoms with Gasteiger partial charge in [-0.3, -0.25) is 0 Å². The second kappa shape index (κ2) is 7.34. The zero-order valence-electron chi connectivity index (χ0n) is 12.0. The Hall–Kier alpha value is -1.13. The predicted octanol–water partition coefficient (Wildman–Crippen LogP) is 1.66. The molecule has 1 N–H and O–H groups in total. The fraction of sp³-hybridized carbons (Fsp3) is 0.643. The van der Waals surface area contributed by atoms with Crippen molar-refractivity contribution in [3.63, 3.8) is 0 Å². The van der Waals surface area contributed by atoms with Crippen molar-refractivity contribution in [1.29, 1.82) is 0 Å². The maximum atomic E-state index is 9.11. The summed E-state index contributed by atoms with van der Waals surface area (Å²) in [5, 5.41) is 9.11. The van der Waals surface area contributed by atoms with E-state index in [4.69, 9.17) is 5.11 Å². The molecule has 1 heterocycles. The van der Waals surface area contributed by atoms with Gasteiger partial charge in [-0.25, -0.2) is 4.98 Å². The van der Waals surface area contributed by atoms with E-state index in [1.807, 2.05) is 6.07 Å². The number of hydrogen-bond acceptors (Lipinski definition) is 4. The van der Waals surface area contributed by atoms with E-state index < -0.39 is 0 Å². The SMILES string of the molecule is CCCN(CCN(C)C)c1ncc(CO)cc1C. The Balaban J connectivity index is 2.84. The average molecular weight is 251 g/mol. The third kappa shape index (κ3) is 4.27. The summed E-state index contributed by atoms with van der Waals surface area (Å²) >= 11 is 0. The van der Waals surface area contributed by atoms with Gasteiger partial charge in [-0.1, -0.05) is 6.92 Å². The van der Waals surface area contributed by atoms with E-state index in [-0.39, 0.29) is 6.61 Å². The van der Waals surface area contributed by atoms with Gasteiger partial charge < -0.3 is 14.9 Å². The molecule has 0 aliphatic carbocycles. The third-order valence-corrected chi connectivity index (χ3v) is 2.90. The lowest BCUT2D eigenvalue weighted by Crippen LogP contribution is -2.33. The van der Waals surface area contributed by atoms with Crippen molar-refractivity contribution >= 4 is 5.82 Å². The molecule has 0 saturated heterocycles. The van der Waals surface area contributed by atoms with Crippen LogP contribution in [0.15, 0.2) is 12.3 Å². The molecule has 4 heteroatoms. The lowest BCUT2D eigenvalue weighted by Gasteiger charge is -2.26. The fourth-order valence-corrected chi connectivity index (χ4v) is 1.96. The monoisotopic (exact) mass is 251 g/mol. The van der Waals surface area contributed by atoms with Crippen LogP contribution in [0.25, 0.3) is 0 Å². The third-order valence-electron chi connectivity index (χ3n) is 2.90. The van der Waals surface area contributed by atoms with E-state index in [9.17, 15) is 0 Å². The van der Waals surface area contributed by atoms with Crippen molar-refractivity contribution in [3.8, 4) is 0 Å². The lowest BCUT2D eigenvalue weighted by molar-refractivity contribution is 0.281. The molecule has 0 aromatic carbocycles. The molecule has 0 aliphatic heterocycles. The zero-order valence-corrected chi connectivity index (χ0v) is 12.0. The molecule has 0 saturated carbocycles. The van der Waals surface area contributed by atoms with Gasteiger partial charge in [0.2, 0.25) is 0 Å². The number of rotatable bonds is 7. The zero-order chi connectivity index (χ0) is 13.5. The number of nitrogens with zero attached hydrogens (tertiary/aromatic N) is 3. The smallest absolute Gasteiger partial charge is 0.131 e. The van der Waals surface area contributed by atoms with Crippen LogP contribution >= 0.6 is 0 Å². The number of aliphatic hydroxyl groups is 1. The fourth-order valence-electron chi connectivity index (χ4n) is 1.96. The van der Waals surface area contributed by atoms with E-state index in [0.717, 1.165) is 43.0 Å². The highest BCUT2D eigenvalue weighted by Crippen LogP contribution is 2.18. The van der Waals surface area contributed by atoms with Crippen LogP contribution in [0.3, 0.4) is 0 Å². The van der Waals surface area contributed by atoms with Gasteiger partial charge in [-0.15, -0.1) is 0 Å². The van der Waals surface area contributed by atoms with Crippen LogP contribution in [-0.4, -0.2) is 48.7 Å². The second-order valence-electron chi connectivity index (χ2n) is 4.93. The molecular formula is C14H25N3O. The van der Waals surface area contributed by atoms with Gasteiger partial charge in [0, 0.05) is 25.8 Å². The second-order valence-corrected chi connectivity index (χ2v) is 4.93. The first-order valence-corrected chi connectivity index (χ1v) is 6.54. The van der Waals surface area contributed by atoms with Crippen molar-refractivity contribution in [3.05, 3.63) is 23.4 Å². The Bertz CT molecular complexity index is 366. The van der Waals surface area contributed by atoms with Gasteiger partial charge in [0.05, 0.1) is 6.61 Å². The number of anilines is 1. The van der Waals surface area contributed by atoms with E-state index >= 15 is 0 Å². The van der Waals surface area contributed by atoms with E-state index in [1.54, 1.807) is 6.20 Å². The van der Waals surface area contributed by atoms with Gasteiger partial charge in [0.15, 0.2) is 0 Å². The summed E-state index contributed by atoms with van der Waals surface area (Å²) in [4.78, 5) is 8.99. The molecule has 0 amide bonds. The van der Waals surface area contributed by atoms with Crippen molar-refractivity contribution in [2.75, 3.05) is 38.6 Å². The van der Waals surface area contributed by atoms with E-state index in [1.165, 1.54) is 0 Å². The minimum atomic E-state index is 0.0552. The Kier molecular flexibility index (Phi) is 6.09. The summed E-state index contributed by atoms with van der Waals surface area (Å²) < 4.78 is 0. The Morgan fingerprint density at radius 1 is 1.22 bits per heavy atom. The largest absolute Gasteiger partial charge is 0.392 e. The summed E-state index contributed by atoms with van der Waals surface area (Å²) in [7, 11) is 4.17. The van der Waals surface area contributed by atoms with Crippen LogP contribution < -0.4 is 4.90 Å². The highest BCUT2D eigenvalue weighted by Gasteiger charge is 2.10. The number of likely N-dealkylation sites (N-methyl/N-ethyl adjacent to an activating group) is 1. The van der Waals surface area contributed by atoms with E-state index in [0.29, 0.717) is 0 Å². The molecule has 0 unspecified atom stereocenters. The Labute approximate surface area is 110 Å². The van der Waals surface area contributed by atoms with Crippen LogP contribution in [0.4, 0.5) is 5.82 Å². The maximum Gasteiger partial charge on any atom is 0.131 e. The highest BCUT2D eigenvalue weighted by atomic mass is 16.3. The molecule has 1 aromatic rings. The molecular weight excluding hydrogens is 226 g/mol. The molecule has 1 aromatic heterocycles. The number of pyridine rings is 1. The summed E-state index contributed by atoms with van der Waals surface area (Å²) in [6, 6.07) is 2.01. The Morgan fingerprint density at radius 3 is 2.44 bits per heavy atom. The molecule has 0 radical (unpaired) electrons. The normalized spacial score (nSPS) is 11.0. The average Bonchev–Trinajstić information content (AvgIpc) is 2.34. The number of hydrogen-bond donors (Lipinski definition) is 1. The molecule has 0 aliphatic rings. The number of aryl methyl sites for hydroxylation is 1. The van der Waals surface area contributed by atoms with Crippen LogP contribution in [-0.2, 0) is 6.61 Å². The van der Waals surface area contributed by atoms with Gasteiger partial charge in [-0.2, -0.15) is 0 Å². The first-order valence-electron chi connectivity index (χ1n) is 6.54. The number of aromatic nitrogens is 1. The summed E-state index contributed by atoms with van der Waals surface area (Å²) in [6.07, 6.45) is 2.87. The maximum absolute atomic E-state index is 9.11. The molecule has 0 bridgehead atoms. The van der Waals surface area contributed by atoms with Crippen molar-refractivity contribution in [2.24, 2.45) is 0 Å². The molecule has 0 spiro atoms. The Morgan fingerprint density at radius 2 is 1.94 bits per heavy atom. The molecule has 102 valence electrons. The van der Waals surface area contributed by atoms with Crippen molar-refractivity contribution in [2.45, 2.75) is 26.9 Å². The van der Waals surface area contributed by atoms with E-state index in [2.05, 4.69) is 42.7 Å². The lowest BCUT2D eigenvalue weighted by atomic mass is 10.2. The minimum absolute atomic E-state index is 0.0552. The molecule has 4 nitrogen and oxygen atoms in total. The van der Waals surface area contributed by atoms with Gasteiger partial charge in [-0.05, 0) is 44.6 Å². The highest BCUT2D eigenvalue weighted by molar-refractivity contribution is 5.47. The van der Waals surface area contributed by atoms with Gasteiger partial charge >= 0.3 is 0 Å². The van der Waals surface area contributed by atoms with Crippen LogP contribution in [0.2, 0.25) is 0 Å². The van der Waals surface area contributed by atoms with Crippen LogP contribution in [0.5, 0.6) is 0 Å². The molecule has 1 rings (SSSR count). The van der Waals surface area contributed by atoms with Crippen LogP contribution in [0, 0.1) is 6.92 Å². The minimum Gasteiger partial charge on any atom is -0.392 e. The molecule has 18 heavy (non-hydrogen) atoms.